The zero-order chi connectivity index (χ0) is 19.2. The molecule has 5 heteroatoms. The van der Waals surface area contributed by atoms with Crippen LogP contribution in [0.15, 0.2) is 42.5 Å². The van der Waals surface area contributed by atoms with Gasteiger partial charge in [-0.2, -0.15) is 0 Å². The van der Waals surface area contributed by atoms with E-state index in [-0.39, 0.29) is 11.3 Å². The van der Waals surface area contributed by atoms with Gasteiger partial charge in [-0.3, -0.25) is 4.79 Å². The van der Waals surface area contributed by atoms with Gasteiger partial charge in [-0.15, -0.1) is 0 Å². The van der Waals surface area contributed by atoms with Gasteiger partial charge in [0.25, 0.3) is 0 Å². The number of carbonyl (C=O) groups excluding carboxylic acids is 1. The molecular formula is C21H28N2O3. The van der Waals surface area contributed by atoms with Gasteiger partial charge in [-0.1, -0.05) is 39.0 Å². The molecule has 2 rings (SSSR count). The minimum absolute atomic E-state index is 0.0440. The summed E-state index contributed by atoms with van der Waals surface area (Å²) < 4.78 is 10.5. The third kappa shape index (κ3) is 5.15. The molecule has 0 bridgehead atoms. The minimum Gasteiger partial charge on any atom is -0.497 e. The number of anilines is 2. The Morgan fingerprint density at radius 3 is 2.38 bits per heavy atom. The molecule has 0 aliphatic carbocycles. The largest absolute Gasteiger partial charge is 0.497 e. The maximum atomic E-state index is 12.3. The standard InChI is InChI=1S/C21H28N2O3/c1-21(2,3)16-8-6-7-9-17(16)22-13-12-20(24)23-18-11-10-15(25-4)14-19(18)26-5/h6-11,14,22H,12-13H2,1-5H3,(H,23,24). The second kappa shape index (κ2) is 8.61. The lowest BCUT2D eigenvalue weighted by molar-refractivity contribution is -0.116. The fourth-order valence-electron chi connectivity index (χ4n) is 2.72. The number of para-hydroxylation sites is 1. The van der Waals surface area contributed by atoms with Crippen molar-refractivity contribution in [1.29, 1.82) is 0 Å². The van der Waals surface area contributed by atoms with Crippen LogP contribution in [-0.2, 0) is 10.2 Å². The van der Waals surface area contributed by atoms with Crippen LogP contribution < -0.4 is 20.1 Å². The number of nitrogens with one attached hydrogen (secondary N) is 2. The molecule has 26 heavy (non-hydrogen) atoms. The van der Waals surface area contributed by atoms with E-state index < -0.39 is 0 Å². The van der Waals surface area contributed by atoms with Crippen LogP contribution in [0.4, 0.5) is 11.4 Å². The first-order chi connectivity index (χ1) is 12.3. The Morgan fingerprint density at radius 1 is 1.00 bits per heavy atom. The van der Waals surface area contributed by atoms with Crippen molar-refractivity contribution >= 4 is 17.3 Å². The molecule has 0 aromatic heterocycles. The molecule has 0 radical (unpaired) electrons. The summed E-state index contributed by atoms with van der Waals surface area (Å²) >= 11 is 0. The fourth-order valence-corrected chi connectivity index (χ4v) is 2.72. The third-order valence-electron chi connectivity index (χ3n) is 4.09. The highest BCUT2D eigenvalue weighted by Crippen LogP contribution is 2.30. The predicted molar refractivity (Wildman–Crippen MR) is 106 cm³/mol. The van der Waals surface area contributed by atoms with Crippen molar-refractivity contribution in [2.75, 3.05) is 31.4 Å². The highest BCUT2D eigenvalue weighted by molar-refractivity contribution is 5.92. The number of carbonyl (C=O) groups is 1. The number of hydrogen-bond donors (Lipinski definition) is 2. The summed E-state index contributed by atoms with van der Waals surface area (Å²) in [5, 5.41) is 6.26. The molecule has 0 atom stereocenters. The number of hydrogen-bond acceptors (Lipinski definition) is 4. The van der Waals surface area contributed by atoms with E-state index in [4.69, 9.17) is 9.47 Å². The second-order valence-corrected chi connectivity index (χ2v) is 7.09. The Balaban J connectivity index is 1.95. The minimum atomic E-state index is -0.0748. The second-order valence-electron chi connectivity index (χ2n) is 7.09. The number of methoxy groups -OCH3 is 2. The van der Waals surface area contributed by atoms with Crippen molar-refractivity contribution in [3.8, 4) is 11.5 Å². The van der Waals surface area contributed by atoms with Gasteiger partial charge in [0.15, 0.2) is 0 Å². The molecule has 0 fully saturated rings. The predicted octanol–water partition coefficient (Wildman–Crippen LogP) is 4.44. The van der Waals surface area contributed by atoms with Crippen LogP contribution in [0.3, 0.4) is 0 Å². The Hall–Kier alpha value is -2.69. The van der Waals surface area contributed by atoms with Crippen LogP contribution in [0, 0.1) is 0 Å². The van der Waals surface area contributed by atoms with E-state index in [1.807, 2.05) is 18.2 Å². The van der Waals surface area contributed by atoms with Gasteiger partial charge in [0, 0.05) is 24.7 Å². The lowest BCUT2D eigenvalue weighted by atomic mass is 9.86. The smallest absolute Gasteiger partial charge is 0.226 e. The molecule has 0 unspecified atom stereocenters. The quantitative estimate of drug-likeness (QED) is 0.770. The van der Waals surface area contributed by atoms with Gasteiger partial charge in [-0.25, -0.2) is 0 Å². The molecule has 0 aliphatic rings. The molecule has 0 saturated carbocycles. The van der Waals surface area contributed by atoms with Crippen LogP contribution in [0.2, 0.25) is 0 Å². The van der Waals surface area contributed by atoms with E-state index in [0.717, 1.165) is 5.69 Å². The highest BCUT2D eigenvalue weighted by Gasteiger charge is 2.17. The van der Waals surface area contributed by atoms with Gasteiger partial charge < -0.3 is 20.1 Å². The van der Waals surface area contributed by atoms with Gasteiger partial charge in [0.05, 0.1) is 19.9 Å². The maximum absolute atomic E-state index is 12.3. The van der Waals surface area contributed by atoms with E-state index >= 15 is 0 Å². The summed E-state index contributed by atoms with van der Waals surface area (Å²) in [7, 11) is 3.16. The van der Waals surface area contributed by atoms with E-state index in [1.165, 1.54) is 5.56 Å². The van der Waals surface area contributed by atoms with E-state index in [1.54, 1.807) is 32.4 Å². The van der Waals surface area contributed by atoms with Crippen LogP contribution in [-0.4, -0.2) is 26.7 Å². The number of rotatable bonds is 7. The van der Waals surface area contributed by atoms with Gasteiger partial charge in [-0.05, 0) is 29.2 Å². The third-order valence-corrected chi connectivity index (χ3v) is 4.09. The van der Waals surface area contributed by atoms with E-state index in [0.29, 0.717) is 30.2 Å². The Morgan fingerprint density at radius 2 is 1.73 bits per heavy atom. The Kier molecular flexibility index (Phi) is 6.50. The Labute approximate surface area is 155 Å². The van der Waals surface area contributed by atoms with Crippen LogP contribution in [0.5, 0.6) is 11.5 Å². The van der Waals surface area contributed by atoms with Gasteiger partial charge in [0.2, 0.25) is 5.91 Å². The average Bonchev–Trinajstić information content (AvgIpc) is 2.61. The Bertz CT molecular complexity index is 751. The monoisotopic (exact) mass is 356 g/mol. The first-order valence-corrected chi connectivity index (χ1v) is 8.70. The molecule has 140 valence electrons. The normalized spacial score (nSPS) is 11.0. The van der Waals surface area contributed by atoms with Crippen molar-refractivity contribution in [2.45, 2.75) is 32.6 Å². The first kappa shape index (κ1) is 19.6. The zero-order valence-corrected chi connectivity index (χ0v) is 16.2. The van der Waals surface area contributed by atoms with Gasteiger partial charge in [0.1, 0.15) is 11.5 Å². The topological polar surface area (TPSA) is 59.6 Å². The van der Waals surface area contributed by atoms with E-state index in [2.05, 4.69) is 37.5 Å². The molecule has 1 amide bonds. The van der Waals surface area contributed by atoms with Crippen molar-refractivity contribution in [3.05, 3.63) is 48.0 Å². The van der Waals surface area contributed by atoms with Crippen molar-refractivity contribution in [2.24, 2.45) is 0 Å². The molecule has 2 aromatic carbocycles. The van der Waals surface area contributed by atoms with E-state index in [9.17, 15) is 4.79 Å². The summed E-state index contributed by atoms with van der Waals surface area (Å²) in [6, 6.07) is 13.5. The van der Waals surface area contributed by atoms with Crippen LogP contribution in [0.25, 0.3) is 0 Å². The van der Waals surface area contributed by atoms with Crippen LogP contribution >= 0.6 is 0 Å². The molecule has 5 nitrogen and oxygen atoms in total. The summed E-state index contributed by atoms with van der Waals surface area (Å²) in [6.45, 7) is 7.08. The maximum Gasteiger partial charge on any atom is 0.226 e. The van der Waals surface area contributed by atoms with Crippen LogP contribution in [0.1, 0.15) is 32.8 Å². The highest BCUT2D eigenvalue weighted by atomic mass is 16.5. The summed E-state index contributed by atoms with van der Waals surface area (Å²) in [6.07, 6.45) is 0.355. The number of amides is 1. The van der Waals surface area contributed by atoms with Crippen molar-refractivity contribution < 1.29 is 14.3 Å². The molecule has 0 spiro atoms. The van der Waals surface area contributed by atoms with Crippen molar-refractivity contribution in [3.63, 3.8) is 0 Å². The summed E-state index contributed by atoms with van der Waals surface area (Å²) in [5.41, 5.74) is 2.97. The molecule has 0 heterocycles. The average molecular weight is 356 g/mol. The zero-order valence-electron chi connectivity index (χ0n) is 16.2. The molecule has 2 N–H and O–H groups in total. The SMILES string of the molecule is COc1ccc(NC(=O)CCNc2ccccc2C(C)(C)C)c(OC)c1. The fraction of sp³-hybridized carbons (Fsp3) is 0.381. The molecule has 2 aromatic rings. The molecule has 0 aliphatic heterocycles. The van der Waals surface area contributed by atoms with Gasteiger partial charge >= 0.3 is 0 Å². The number of ether oxygens (including phenoxy) is 2. The van der Waals surface area contributed by atoms with Crippen molar-refractivity contribution in [1.82, 2.24) is 0 Å². The lowest BCUT2D eigenvalue weighted by Gasteiger charge is -2.23. The molecular weight excluding hydrogens is 328 g/mol. The summed E-state index contributed by atoms with van der Waals surface area (Å²) in [4.78, 5) is 12.3. The summed E-state index contributed by atoms with van der Waals surface area (Å²) in [5.74, 6) is 1.18. The first-order valence-electron chi connectivity index (χ1n) is 8.70. The number of benzene rings is 2. The lowest BCUT2D eigenvalue weighted by Crippen LogP contribution is -2.19. The molecule has 0 saturated heterocycles.